The average Bonchev–Trinajstić information content (AvgIpc) is 2.62. The van der Waals surface area contributed by atoms with E-state index in [2.05, 4.69) is 25.1 Å². The molecule has 0 aliphatic carbocycles. The van der Waals surface area contributed by atoms with E-state index < -0.39 is 0 Å². The molecule has 9 nitrogen and oxygen atoms in total. The van der Waals surface area contributed by atoms with Gasteiger partial charge < -0.3 is 17.2 Å². The van der Waals surface area contributed by atoms with Crippen molar-refractivity contribution in [3.63, 3.8) is 0 Å². The predicted molar refractivity (Wildman–Crippen MR) is 95.7 cm³/mol. The minimum atomic E-state index is -0.107. The number of aromatic nitrogens is 4. The number of rotatable bonds is 4. The maximum Gasteiger partial charge on any atom is 0.222 e. The summed E-state index contributed by atoms with van der Waals surface area (Å²) < 4.78 is 0. The Morgan fingerprint density at radius 3 is 2.52 bits per heavy atom. The third kappa shape index (κ3) is 3.07. The van der Waals surface area contributed by atoms with E-state index in [0.29, 0.717) is 40.4 Å². The molecule has 0 aliphatic heterocycles. The Hall–Kier alpha value is -3.62. The second kappa shape index (κ2) is 6.48. The van der Waals surface area contributed by atoms with Crippen LogP contribution < -0.4 is 17.2 Å². The molecule has 0 amide bonds. The number of nitrogens with two attached hydrogens (primary N) is 3. The normalized spacial score (nSPS) is 10.6. The van der Waals surface area contributed by atoms with Crippen LogP contribution in [0.15, 0.2) is 35.9 Å². The topological polar surface area (TPSA) is 159 Å². The Morgan fingerprint density at radius 1 is 1.08 bits per heavy atom. The Morgan fingerprint density at radius 2 is 1.88 bits per heavy atom. The fraction of sp³-hybridized carbons (Fsp3) is 0.125. The Kier molecular flexibility index (Phi) is 4.21. The van der Waals surface area contributed by atoms with Crippen LogP contribution in [0.1, 0.15) is 17.0 Å². The summed E-state index contributed by atoms with van der Waals surface area (Å²) in [6, 6.07) is 3.65. The van der Waals surface area contributed by atoms with E-state index in [1.54, 1.807) is 25.5 Å². The van der Waals surface area contributed by atoms with Gasteiger partial charge in [-0.1, -0.05) is 0 Å². The van der Waals surface area contributed by atoms with Crippen LogP contribution in [0, 0.1) is 11.8 Å². The number of pyridine rings is 2. The van der Waals surface area contributed by atoms with Crippen molar-refractivity contribution in [2.45, 2.75) is 13.3 Å². The molecule has 25 heavy (non-hydrogen) atoms. The van der Waals surface area contributed by atoms with Gasteiger partial charge in [0.2, 0.25) is 5.82 Å². The summed E-state index contributed by atoms with van der Waals surface area (Å²) in [5, 5.41) is 2.78. The van der Waals surface area contributed by atoms with Gasteiger partial charge in [0.15, 0.2) is 0 Å². The van der Waals surface area contributed by atoms with Gasteiger partial charge in [0.05, 0.1) is 17.6 Å². The lowest BCUT2D eigenvalue weighted by Gasteiger charge is -2.13. The third-order valence-corrected chi connectivity index (χ3v) is 3.83. The predicted octanol–water partition coefficient (Wildman–Crippen LogP) is 1.98. The molecule has 0 radical (unpaired) electrons. The number of nitroso groups, excluding NO2 is 1. The lowest BCUT2D eigenvalue weighted by molar-refractivity contribution is 1.03. The first-order chi connectivity index (χ1) is 12.0. The van der Waals surface area contributed by atoms with Crippen LogP contribution in [0.5, 0.6) is 0 Å². The molecule has 6 N–H and O–H groups in total. The van der Waals surface area contributed by atoms with Gasteiger partial charge in [0.25, 0.3) is 0 Å². The first-order valence-electron chi connectivity index (χ1n) is 7.40. The van der Waals surface area contributed by atoms with Gasteiger partial charge >= 0.3 is 0 Å². The fourth-order valence-electron chi connectivity index (χ4n) is 2.51. The molecule has 0 saturated carbocycles. The van der Waals surface area contributed by atoms with E-state index >= 15 is 0 Å². The lowest BCUT2D eigenvalue weighted by atomic mass is 10.0. The second-order valence-electron chi connectivity index (χ2n) is 5.42. The van der Waals surface area contributed by atoms with Crippen LogP contribution in [0.25, 0.3) is 11.3 Å². The quantitative estimate of drug-likeness (QED) is 0.610. The van der Waals surface area contributed by atoms with Crippen molar-refractivity contribution >= 4 is 23.0 Å². The highest BCUT2D eigenvalue weighted by molar-refractivity contribution is 5.78. The van der Waals surface area contributed by atoms with E-state index in [1.165, 1.54) is 0 Å². The highest BCUT2D eigenvalue weighted by Crippen LogP contribution is 2.32. The maximum absolute atomic E-state index is 10.7. The first kappa shape index (κ1) is 16.2. The van der Waals surface area contributed by atoms with Crippen molar-refractivity contribution in [1.82, 2.24) is 19.9 Å². The monoisotopic (exact) mass is 336 g/mol. The molecule has 126 valence electrons. The molecule has 0 spiro atoms. The molecule has 3 heterocycles. The number of nitrogens with zero attached hydrogens (tertiary/aromatic N) is 5. The molecule has 0 fully saturated rings. The van der Waals surface area contributed by atoms with E-state index in [9.17, 15) is 4.91 Å². The summed E-state index contributed by atoms with van der Waals surface area (Å²) in [6.45, 7) is 1.73. The Balaban J connectivity index is 1.96. The summed E-state index contributed by atoms with van der Waals surface area (Å²) in [6.07, 6.45) is 5.16. The van der Waals surface area contributed by atoms with Crippen LogP contribution in [-0.2, 0) is 6.42 Å². The summed E-state index contributed by atoms with van der Waals surface area (Å²) in [5.41, 5.74) is 21.5. The number of aryl methyl sites for hydroxylation is 1. The van der Waals surface area contributed by atoms with Gasteiger partial charge in [-0.2, -0.15) is 0 Å². The SMILES string of the molecule is Cc1nc(N=O)c(N)c(N)c1Cc1ccc(-c2cnccn2)c(N)n1. The number of hydrogen-bond donors (Lipinski definition) is 3. The molecule has 3 aromatic rings. The lowest BCUT2D eigenvalue weighted by Crippen LogP contribution is -2.07. The zero-order chi connectivity index (χ0) is 18.0. The first-order valence-corrected chi connectivity index (χ1v) is 7.40. The van der Waals surface area contributed by atoms with Gasteiger partial charge in [0, 0.05) is 41.3 Å². The van der Waals surface area contributed by atoms with Gasteiger partial charge in [-0.3, -0.25) is 9.97 Å². The molecule has 0 atom stereocenters. The van der Waals surface area contributed by atoms with Crippen LogP contribution >= 0.6 is 0 Å². The zero-order valence-electron chi connectivity index (χ0n) is 13.5. The summed E-state index contributed by atoms with van der Waals surface area (Å²) >= 11 is 0. The number of nitrogen functional groups attached to an aromatic ring is 3. The van der Waals surface area contributed by atoms with E-state index in [-0.39, 0.29) is 17.2 Å². The van der Waals surface area contributed by atoms with E-state index in [4.69, 9.17) is 17.2 Å². The van der Waals surface area contributed by atoms with Gasteiger partial charge in [-0.15, -0.1) is 4.91 Å². The van der Waals surface area contributed by atoms with Crippen LogP contribution in [0.4, 0.5) is 23.0 Å². The summed E-state index contributed by atoms with van der Waals surface area (Å²) in [4.78, 5) is 27.4. The molecule has 0 bridgehead atoms. The van der Waals surface area contributed by atoms with Crippen LogP contribution in [0.3, 0.4) is 0 Å². The molecule has 3 aromatic heterocycles. The van der Waals surface area contributed by atoms with Gasteiger partial charge in [-0.25, -0.2) is 9.97 Å². The molecule has 0 aliphatic rings. The molecule has 0 saturated heterocycles. The van der Waals surface area contributed by atoms with E-state index in [1.807, 2.05) is 12.1 Å². The molecule has 9 heteroatoms. The summed E-state index contributed by atoms with van der Waals surface area (Å²) in [7, 11) is 0. The zero-order valence-corrected chi connectivity index (χ0v) is 13.5. The third-order valence-electron chi connectivity index (χ3n) is 3.83. The average molecular weight is 336 g/mol. The Bertz CT molecular complexity index is 943. The smallest absolute Gasteiger partial charge is 0.222 e. The van der Waals surface area contributed by atoms with Crippen molar-refractivity contribution in [3.8, 4) is 11.3 Å². The van der Waals surface area contributed by atoms with Crippen molar-refractivity contribution in [3.05, 3.63) is 52.6 Å². The maximum atomic E-state index is 10.7. The fourth-order valence-corrected chi connectivity index (χ4v) is 2.51. The molecular formula is C16H16N8O. The standard InChI is InChI=1S/C16H16N8O/c1-8-11(13(17)14(18)16(22-8)24-25)6-9-2-3-10(15(19)23-9)12-7-20-4-5-21-12/h2-5,7H,6,18H2,1H3,(H2,17,22)(H2,19,23). The minimum Gasteiger partial charge on any atom is -0.397 e. The van der Waals surface area contributed by atoms with Crippen molar-refractivity contribution in [2.75, 3.05) is 17.2 Å². The molecule has 0 unspecified atom stereocenters. The molecule has 0 aromatic carbocycles. The largest absolute Gasteiger partial charge is 0.397 e. The number of anilines is 3. The summed E-state index contributed by atoms with van der Waals surface area (Å²) in [5.74, 6) is 0.227. The molecule has 3 rings (SSSR count). The Labute approximate surface area is 143 Å². The minimum absolute atomic E-state index is 0.0692. The highest BCUT2D eigenvalue weighted by Gasteiger charge is 2.16. The molecular weight excluding hydrogens is 320 g/mol. The van der Waals surface area contributed by atoms with Gasteiger partial charge in [-0.05, 0) is 24.2 Å². The second-order valence-corrected chi connectivity index (χ2v) is 5.42. The number of hydrogen-bond acceptors (Lipinski definition) is 9. The van der Waals surface area contributed by atoms with Crippen LogP contribution in [0.2, 0.25) is 0 Å². The highest BCUT2D eigenvalue weighted by atomic mass is 16.3. The van der Waals surface area contributed by atoms with Crippen molar-refractivity contribution in [1.29, 1.82) is 0 Å². The van der Waals surface area contributed by atoms with Gasteiger partial charge in [0.1, 0.15) is 11.5 Å². The van der Waals surface area contributed by atoms with Crippen molar-refractivity contribution in [2.24, 2.45) is 5.18 Å². The van der Waals surface area contributed by atoms with Crippen molar-refractivity contribution < 1.29 is 0 Å². The van der Waals surface area contributed by atoms with Crippen LogP contribution in [-0.4, -0.2) is 19.9 Å². The van der Waals surface area contributed by atoms with E-state index in [0.717, 1.165) is 0 Å².